The number of aliphatic imine (C=N–C) groups is 2. The molecule has 12 heteroatoms. The SMILES string of the molecule is NC1=C2N=CN([C@@H]3O[C@H](C=O)[C@@H](O)[C@H]3O)C2N(c2cccc(C(=O)O)c2C(=O)c2ccccc2)C=N1. The summed E-state index contributed by atoms with van der Waals surface area (Å²) in [5, 5.41) is 30.6. The number of aliphatic hydroxyl groups excluding tert-OH is 2. The van der Waals surface area contributed by atoms with Crippen molar-refractivity contribution in [1.82, 2.24) is 4.90 Å². The zero-order chi connectivity index (χ0) is 25.6. The van der Waals surface area contributed by atoms with Gasteiger partial charge >= 0.3 is 5.97 Å². The lowest BCUT2D eigenvalue weighted by molar-refractivity contribution is -0.124. The van der Waals surface area contributed by atoms with Gasteiger partial charge in [0.15, 0.2) is 30.3 Å². The molecule has 1 unspecified atom stereocenters. The van der Waals surface area contributed by atoms with Gasteiger partial charge in [-0.05, 0) is 12.1 Å². The van der Waals surface area contributed by atoms with Crippen molar-refractivity contribution in [3.8, 4) is 0 Å². The summed E-state index contributed by atoms with van der Waals surface area (Å²) < 4.78 is 5.57. The largest absolute Gasteiger partial charge is 0.478 e. The Morgan fingerprint density at radius 1 is 1.00 bits per heavy atom. The molecule has 0 amide bonds. The van der Waals surface area contributed by atoms with Gasteiger partial charge in [0.1, 0.15) is 24.0 Å². The van der Waals surface area contributed by atoms with Gasteiger partial charge in [0.05, 0.1) is 29.5 Å². The number of carbonyl (C=O) groups excluding carboxylic acids is 2. The Kier molecular flexibility index (Phi) is 5.84. The van der Waals surface area contributed by atoms with Gasteiger partial charge < -0.3 is 40.4 Å². The van der Waals surface area contributed by atoms with Crippen LogP contribution >= 0.6 is 0 Å². The number of hydrogen-bond acceptors (Lipinski definition) is 11. The summed E-state index contributed by atoms with van der Waals surface area (Å²) in [4.78, 5) is 48.3. The Bertz CT molecular complexity index is 1330. The molecule has 2 aromatic rings. The van der Waals surface area contributed by atoms with Crippen LogP contribution in [0, 0.1) is 0 Å². The first-order valence-corrected chi connectivity index (χ1v) is 10.9. The number of benzene rings is 2. The van der Waals surface area contributed by atoms with Gasteiger partial charge in [-0.25, -0.2) is 14.8 Å². The van der Waals surface area contributed by atoms with Crippen LogP contribution in [0.4, 0.5) is 5.69 Å². The van der Waals surface area contributed by atoms with Crippen LogP contribution in [0.25, 0.3) is 0 Å². The van der Waals surface area contributed by atoms with Crippen molar-refractivity contribution < 1.29 is 34.4 Å². The van der Waals surface area contributed by atoms with E-state index in [9.17, 15) is 29.7 Å². The number of carboxylic acid groups (broad SMARTS) is 1. The van der Waals surface area contributed by atoms with E-state index in [1.807, 2.05) is 0 Å². The number of carboxylic acids is 1. The lowest BCUT2D eigenvalue weighted by atomic mass is 9.95. The summed E-state index contributed by atoms with van der Waals surface area (Å²) in [6, 6.07) is 12.6. The maximum atomic E-state index is 13.6. The molecule has 0 bridgehead atoms. The number of carbonyl (C=O) groups is 3. The van der Waals surface area contributed by atoms with Crippen molar-refractivity contribution in [2.24, 2.45) is 15.7 Å². The molecule has 5 N–H and O–H groups in total. The molecule has 3 aliphatic rings. The van der Waals surface area contributed by atoms with Crippen LogP contribution in [0.1, 0.15) is 26.3 Å². The highest BCUT2D eigenvalue weighted by Gasteiger charge is 2.50. The van der Waals surface area contributed by atoms with Crippen LogP contribution < -0.4 is 10.6 Å². The molecule has 184 valence electrons. The number of aromatic carboxylic acids is 1. The van der Waals surface area contributed by atoms with E-state index in [0.717, 1.165) is 0 Å². The van der Waals surface area contributed by atoms with Crippen molar-refractivity contribution in [3.05, 3.63) is 76.7 Å². The highest BCUT2D eigenvalue weighted by atomic mass is 16.6. The second-order valence-corrected chi connectivity index (χ2v) is 8.30. The number of nitrogens with zero attached hydrogens (tertiary/aromatic N) is 4. The smallest absolute Gasteiger partial charge is 0.336 e. The zero-order valence-corrected chi connectivity index (χ0v) is 18.6. The van der Waals surface area contributed by atoms with Crippen molar-refractivity contribution in [3.63, 3.8) is 0 Å². The van der Waals surface area contributed by atoms with Gasteiger partial charge in [-0.2, -0.15) is 0 Å². The molecular formula is C24H21N5O7. The number of ether oxygens (including phenoxy) is 1. The molecule has 12 nitrogen and oxygen atoms in total. The first kappa shape index (κ1) is 23.4. The van der Waals surface area contributed by atoms with Crippen LogP contribution in [0.2, 0.25) is 0 Å². The predicted molar refractivity (Wildman–Crippen MR) is 126 cm³/mol. The van der Waals surface area contributed by atoms with E-state index in [0.29, 0.717) is 6.29 Å². The Balaban J connectivity index is 1.62. The maximum absolute atomic E-state index is 13.6. The molecule has 1 saturated heterocycles. The predicted octanol–water partition coefficient (Wildman–Crippen LogP) is -0.0925. The molecule has 5 atom stereocenters. The van der Waals surface area contributed by atoms with E-state index in [1.165, 1.54) is 34.6 Å². The fourth-order valence-electron chi connectivity index (χ4n) is 4.48. The third-order valence-corrected chi connectivity index (χ3v) is 6.22. The minimum absolute atomic E-state index is 0.0558. The first-order valence-electron chi connectivity index (χ1n) is 10.9. The fourth-order valence-corrected chi connectivity index (χ4v) is 4.48. The molecule has 3 aliphatic heterocycles. The van der Waals surface area contributed by atoms with E-state index >= 15 is 0 Å². The van der Waals surface area contributed by atoms with E-state index in [1.54, 1.807) is 36.4 Å². The maximum Gasteiger partial charge on any atom is 0.336 e. The van der Waals surface area contributed by atoms with Crippen LogP contribution in [0.3, 0.4) is 0 Å². The Hall–Kier alpha value is -4.39. The summed E-state index contributed by atoms with van der Waals surface area (Å²) in [6.45, 7) is 0. The highest BCUT2D eigenvalue weighted by Crippen LogP contribution is 2.37. The molecule has 0 aromatic heterocycles. The van der Waals surface area contributed by atoms with Gasteiger partial charge in [0, 0.05) is 5.56 Å². The average molecular weight is 491 g/mol. The number of aldehydes is 1. The van der Waals surface area contributed by atoms with Crippen molar-refractivity contribution >= 4 is 36.4 Å². The zero-order valence-electron chi connectivity index (χ0n) is 18.6. The topological polar surface area (TPSA) is 178 Å². The molecule has 0 aliphatic carbocycles. The molecule has 2 aromatic carbocycles. The molecule has 0 saturated carbocycles. The van der Waals surface area contributed by atoms with Crippen molar-refractivity contribution in [1.29, 1.82) is 0 Å². The first-order chi connectivity index (χ1) is 17.3. The number of aliphatic hydroxyl groups is 2. The third kappa shape index (κ3) is 3.64. The fraction of sp³-hybridized carbons (Fsp3) is 0.208. The lowest BCUT2D eigenvalue weighted by Crippen LogP contribution is -2.55. The Morgan fingerprint density at radius 2 is 1.75 bits per heavy atom. The molecule has 36 heavy (non-hydrogen) atoms. The number of hydrogen-bond donors (Lipinski definition) is 4. The van der Waals surface area contributed by atoms with Gasteiger partial charge in [0.2, 0.25) is 0 Å². The van der Waals surface area contributed by atoms with E-state index in [-0.39, 0.29) is 33.9 Å². The highest BCUT2D eigenvalue weighted by molar-refractivity contribution is 6.18. The monoisotopic (exact) mass is 491 g/mol. The summed E-state index contributed by atoms with van der Waals surface area (Å²) in [5.74, 6) is -1.77. The van der Waals surface area contributed by atoms with Crippen LogP contribution in [0.15, 0.2) is 70.0 Å². The standard InChI is InChI=1S/C24H21N5O7/c25-21-17-22(29(10-26-17)23-20(33)19(32)15(9-30)36-23)28(11-27-21)14-8-4-7-13(24(34)35)16(14)18(31)12-5-2-1-3-6-12/h1-11,15,19-20,22-23,32-33H,25H2,(H,34,35)/t15-,19-,20-,22?,23-/m1/s1. The second-order valence-electron chi connectivity index (χ2n) is 8.30. The van der Waals surface area contributed by atoms with E-state index in [2.05, 4.69) is 9.98 Å². The summed E-state index contributed by atoms with van der Waals surface area (Å²) in [6.07, 6.45) is -3.29. The van der Waals surface area contributed by atoms with Crippen LogP contribution in [0.5, 0.6) is 0 Å². The lowest BCUT2D eigenvalue weighted by Gasteiger charge is -2.39. The molecule has 5 rings (SSSR count). The number of rotatable bonds is 6. The minimum Gasteiger partial charge on any atom is -0.478 e. The minimum atomic E-state index is -1.47. The van der Waals surface area contributed by atoms with E-state index in [4.69, 9.17) is 10.5 Å². The summed E-state index contributed by atoms with van der Waals surface area (Å²) >= 11 is 0. The van der Waals surface area contributed by atoms with E-state index < -0.39 is 42.5 Å². The normalized spacial score (nSPS) is 26.9. The quantitative estimate of drug-likeness (QED) is 0.315. The number of nitrogens with two attached hydrogens (primary N) is 1. The van der Waals surface area contributed by atoms with Gasteiger partial charge in [-0.3, -0.25) is 4.79 Å². The number of ketones is 1. The molecule has 3 heterocycles. The van der Waals surface area contributed by atoms with Crippen LogP contribution in [-0.4, -0.2) is 81.6 Å². The van der Waals surface area contributed by atoms with Crippen LogP contribution in [-0.2, 0) is 9.53 Å². The number of fused-ring (bicyclic) bond motifs is 1. The number of anilines is 1. The summed E-state index contributed by atoms with van der Waals surface area (Å²) in [5.41, 5.74) is 6.45. The Morgan fingerprint density at radius 3 is 2.42 bits per heavy atom. The molecular weight excluding hydrogens is 470 g/mol. The van der Waals surface area contributed by atoms with Gasteiger partial charge in [-0.1, -0.05) is 36.4 Å². The molecule has 1 fully saturated rings. The second kappa shape index (κ2) is 9.00. The van der Waals surface area contributed by atoms with Crippen molar-refractivity contribution in [2.75, 3.05) is 4.90 Å². The molecule has 0 radical (unpaired) electrons. The van der Waals surface area contributed by atoms with Gasteiger partial charge in [0.25, 0.3) is 0 Å². The molecule has 0 spiro atoms. The summed E-state index contributed by atoms with van der Waals surface area (Å²) in [7, 11) is 0. The van der Waals surface area contributed by atoms with Crippen molar-refractivity contribution in [2.45, 2.75) is 30.7 Å². The Labute approximate surface area is 204 Å². The average Bonchev–Trinajstić information content (AvgIpc) is 3.45. The van der Waals surface area contributed by atoms with Gasteiger partial charge in [-0.15, -0.1) is 0 Å². The third-order valence-electron chi connectivity index (χ3n) is 6.22.